The van der Waals surface area contributed by atoms with Crippen molar-refractivity contribution in [2.24, 2.45) is 0 Å². The Hall–Kier alpha value is -0.780. The summed E-state index contributed by atoms with van der Waals surface area (Å²) >= 11 is 0. The van der Waals surface area contributed by atoms with Gasteiger partial charge in [-0.15, -0.1) is 0 Å². The summed E-state index contributed by atoms with van der Waals surface area (Å²) in [5.41, 5.74) is 2.34. The first-order valence-corrected chi connectivity index (χ1v) is 7.75. The number of benzene rings is 1. The van der Waals surface area contributed by atoms with Gasteiger partial charge in [0.15, 0.2) is 0 Å². The lowest BCUT2D eigenvalue weighted by Crippen LogP contribution is -2.47. The van der Waals surface area contributed by atoms with Gasteiger partial charge in [-0.05, 0) is 24.6 Å². The SMILES string of the molecule is Cc1cccc(N2CCN(S(=O)(=O)Cl)CC2)c1. The van der Waals surface area contributed by atoms with E-state index in [1.54, 1.807) is 0 Å². The summed E-state index contributed by atoms with van der Waals surface area (Å²) < 4.78 is 23.6. The summed E-state index contributed by atoms with van der Waals surface area (Å²) in [4.78, 5) is 2.17. The second-order valence-electron chi connectivity index (χ2n) is 4.17. The highest BCUT2D eigenvalue weighted by Crippen LogP contribution is 2.19. The molecule has 0 amide bonds. The van der Waals surface area contributed by atoms with Crippen LogP contribution in [-0.4, -0.2) is 38.9 Å². The van der Waals surface area contributed by atoms with Crippen LogP contribution in [0.25, 0.3) is 0 Å². The van der Waals surface area contributed by atoms with E-state index < -0.39 is 9.24 Å². The second kappa shape index (κ2) is 4.84. The lowest BCUT2D eigenvalue weighted by molar-refractivity contribution is 0.393. The lowest BCUT2D eigenvalue weighted by atomic mass is 10.2. The van der Waals surface area contributed by atoms with E-state index in [4.69, 9.17) is 10.7 Å². The molecule has 0 unspecified atom stereocenters. The third-order valence-electron chi connectivity index (χ3n) is 2.91. The van der Waals surface area contributed by atoms with Crippen LogP contribution in [0.15, 0.2) is 24.3 Å². The quantitative estimate of drug-likeness (QED) is 0.769. The summed E-state index contributed by atoms with van der Waals surface area (Å²) in [6, 6.07) is 8.20. The fourth-order valence-corrected chi connectivity index (χ4v) is 3.00. The van der Waals surface area contributed by atoms with Crippen molar-refractivity contribution in [3.63, 3.8) is 0 Å². The zero-order chi connectivity index (χ0) is 12.5. The fourth-order valence-electron chi connectivity index (χ4n) is 1.99. The zero-order valence-electron chi connectivity index (χ0n) is 9.63. The Balaban J connectivity index is 2.05. The van der Waals surface area contributed by atoms with Gasteiger partial charge >= 0.3 is 0 Å². The molecule has 1 aliphatic heterocycles. The van der Waals surface area contributed by atoms with E-state index in [9.17, 15) is 8.42 Å². The Morgan fingerprint density at radius 2 is 1.82 bits per heavy atom. The Morgan fingerprint density at radius 1 is 1.18 bits per heavy atom. The molecule has 1 aromatic rings. The van der Waals surface area contributed by atoms with Gasteiger partial charge in [0.1, 0.15) is 0 Å². The van der Waals surface area contributed by atoms with Crippen molar-refractivity contribution >= 4 is 25.6 Å². The summed E-state index contributed by atoms with van der Waals surface area (Å²) in [7, 11) is 1.75. The van der Waals surface area contributed by atoms with E-state index >= 15 is 0 Å². The van der Waals surface area contributed by atoms with Gasteiger partial charge in [-0.3, -0.25) is 0 Å². The fraction of sp³-hybridized carbons (Fsp3) is 0.455. The molecule has 0 aliphatic carbocycles. The number of nitrogens with zero attached hydrogens (tertiary/aromatic N) is 2. The van der Waals surface area contributed by atoms with E-state index in [-0.39, 0.29) is 0 Å². The number of halogens is 1. The van der Waals surface area contributed by atoms with E-state index in [2.05, 4.69) is 11.0 Å². The molecule has 17 heavy (non-hydrogen) atoms. The van der Waals surface area contributed by atoms with Gasteiger partial charge < -0.3 is 4.90 Å². The predicted octanol–water partition coefficient (Wildman–Crippen LogP) is 1.60. The minimum atomic E-state index is -3.56. The monoisotopic (exact) mass is 274 g/mol. The summed E-state index contributed by atoms with van der Waals surface area (Å²) in [5, 5.41) is 0. The highest BCUT2D eigenvalue weighted by Gasteiger charge is 2.24. The molecule has 4 nitrogen and oxygen atoms in total. The van der Waals surface area contributed by atoms with Crippen molar-refractivity contribution < 1.29 is 8.42 Å². The minimum Gasteiger partial charge on any atom is -0.369 e. The van der Waals surface area contributed by atoms with Crippen molar-refractivity contribution in [3.05, 3.63) is 29.8 Å². The van der Waals surface area contributed by atoms with Crippen LogP contribution >= 0.6 is 10.7 Å². The first kappa shape index (κ1) is 12.7. The molecule has 1 aliphatic rings. The third-order valence-corrected chi connectivity index (χ3v) is 4.48. The van der Waals surface area contributed by atoms with E-state index in [1.807, 2.05) is 25.1 Å². The van der Waals surface area contributed by atoms with Crippen LogP contribution in [0.5, 0.6) is 0 Å². The molecule has 94 valence electrons. The molecule has 6 heteroatoms. The molecule has 0 aromatic heterocycles. The van der Waals surface area contributed by atoms with Crippen molar-refractivity contribution in [1.29, 1.82) is 0 Å². The highest BCUT2D eigenvalue weighted by molar-refractivity contribution is 8.11. The predicted molar refractivity (Wildman–Crippen MR) is 69.7 cm³/mol. The maximum atomic E-state index is 11.2. The van der Waals surface area contributed by atoms with Crippen molar-refractivity contribution in [3.8, 4) is 0 Å². The molecule has 0 radical (unpaired) electrons. The number of piperazine rings is 1. The van der Waals surface area contributed by atoms with Gasteiger partial charge in [0.05, 0.1) is 0 Å². The summed E-state index contributed by atoms with van der Waals surface area (Å²) in [5.74, 6) is 0. The first-order chi connectivity index (χ1) is 7.97. The molecule has 0 atom stereocenters. The Kier molecular flexibility index (Phi) is 3.61. The highest BCUT2D eigenvalue weighted by atomic mass is 35.7. The molecule has 0 spiro atoms. The standard InChI is InChI=1S/C11H15ClN2O2S/c1-10-3-2-4-11(9-10)13-5-7-14(8-6-13)17(12,15)16/h2-4,9H,5-8H2,1H3. The number of rotatable bonds is 2. The molecule has 1 heterocycles. The van der Waals surface area contributed by atoms with Crippen LogP contribution in [-0.2, 0) is 9.24 Å². The van der Waals surface area contributed by atoms with Crippen molar-refractivity contribution in [2.75, 3.05) is 31.1 Å². The van der Waals surface area contributed by atoms with Crippen LogP contribution in [0.3, 0.4) is 0 Å². The van der Waals surface area contributed by atoms with Crippen LogP contribution in [0.2, 0.25) is 0 Å². The smallest absolute Gasteiger partial charge is 0.299 e. The van der Waals surface area contributed by atoms with E-state index in [0.717, 1.165) is 5.69 Å². The Labute approximate surface area is 106 Å². The Morgan fingerprint density at radius 3 is 2.35 bits per heavy atom. The van der Waals surface area contributed by atoms with Gasteiger partial charge in [0.25, 0.3) is 9.24 Å². The van der Waals surface area contributed by atoms with Gasteiger partial charge in [0, 0.05) is 42.5 Å². The Bertz CT molecular complexity index is 496. The van der Waals surface area contributed by atoms with Crippen LogP contribution in [0, 0.1) is 6.92 Å². The number of anilines is 1. The summed E-state index contributed by atoms with van der Waals surface area (Å²) in [6.45, 7) is 4.29. The van der Waals surface area contributed by atoms with Crippen molar-refractivity contribution in [1.82, 2.24) is 4.31 Å². The van der Waals surface area contributed by atoms with Gasteiger partial charge in [-0.1, -0.05) is 12.1 Å². The van der Waals surface area contributed by atoms with Gasteiger partial charge in [-0.2, -0.15) is 12.7 Å². The van der Waals surface area contributed by atoms with E-state index in [0.29, 0.717) is 26.2 Å². The molecule has 0 bridgehead atoms. The first-order valence-electron chi connectivity index (χ1n) is 5.48. The molecule has 1 fully saturated rings. The zero-order valence-corrected chi connectivity index (χ0v) is 11.2. The largest absolute Gasteiger partial charge is 0.369 e. The number of hydrogen-bond acceptors (Lipinski definition) is 3. The molecule has 1 aromatic carbocycles. The average molecular weight is 275 g/mol. The third kappa shape index (κ3) is 3.12. The van der Waals surface area contributed by atoms with Crippen molar-refractivity contribution in [2.45, 2.75) is 6.92 Å². The average Bonchev–Trinajstić information content (AvgIpc) is 2.28. The topological polar surface area (TPSA) is 40.6 Å². The normalized spacial score (nSPS) is 18.4. The van der Waals surface area contributed by atoms with Gasteiger partial charge in [-0.25, -0.2) is 0 Å². The van der Waals surface area contributed by atoms with Crippen LogP contribution in [0.4, 0.5) is 5.69 Å². The maximum absolute atomic E-state index is 11.2. The molecule has 0 N–H and O–H groups in total. The molecular formula is C11H15ClN2O2S. The van der Waals surface area contributed by atoms with E-state index in [1.165, 1.54) is 9.87 Å². The van der Waals surface area contributed by atoms with Crippen LogP contribution < -0.4 is 4.90 Å². The minimum absolute atomic E-state index is 0.444. The molecule has 2 rings (SSSR count). The lowest BCUT2D eigenvalue weighted by Gasteiger charge is -2.34. The van der Waals surface area contributed by atoms with Crippen LogP contribution in [0.1, 0.15) is 5.56 Å². The molecule has 1 saturated heterocycles. The molecular weight excluding hydrogens is 260 g/mol. The molecule has 0 saturated carbocycles. The number of aryl methyl sites for hydroxylation is 1. The summed E-state index contributed by atoms with van der Waals surface area (Å²) in [6.07, 6.45) is 0. The number of hydrogen-bond donors (Lipinski definition) is 0. The maximum Gasteiger partial charge on any atom is 0.299 e. The second-order valence-corrected chi connectivity index (χ2v) is 6.68. The van der Waals surface area contributed by atoms with Gasteiger partial charge in [0.2, 0.25) is 0 Å².